The summed E-state index contributed by atoms with van der Waals surface area (Å²) in [5.41, 5.74) is 4.40. The Morgan fingerprint density at radius 2 is 1.68 bits per heavy atom. The Hall–Kier alpha value is -2.75. The number of alkyl halides is 3. The van der Waals surface area contributed by atoms with Gasteiger partial charge in [0.2, 0.25) is 0 Å². The number of nitrogens with zero attached hydrogens (tertiary/aromatic N) is 1. The molecular weight excluding hydrogens is 487 g/mol. The van der Waals surface area contributed by atoms with Crippen molar-refractivity contribution in [2.75, 3.05) is 18.0 Å². The van der Waals surface area contributed by atoms with Gasteiger partial charge in [0.25, 0.3) is 0 Å². The van der Waals surface area contributed by atoms with Crippen molar-refractivity contribution in [3.8, 4) is 5.75 Å². The largest absolute Gasteiger partial charge is 0.573 e. The van der Waals surface area contributed by atoms with Gasteiger partial charge in [-0.1, -0.05) is 41.9 Å². The second kappa shape index (κ2) is 9.85. The van der Waals surface area contributed by atoms with Crippen LogP contribution in [-0.2, 0) is 22.8 Å². The SMILES string of the molecule is N=S(=O)(NCCCN1c2ccccc2CCc2cccc(Cl)c21)c1ccc(OC(F)(F)F)cc1. The van der Waals surface area contributed by atoms with Gasteiger partial charge in [-0.25, -0.2) is 13.7 Å². The lowest BCUT2D eigenvalue weighted by Gasteiger charge is -2.28. The number of fused-ring (bicyclic) bond motifs is 2. The molecule has 0 fully saturated rings. The molecular formula is C24H23ClF3N3O2S. The Balaban J connectivity index is 1.45. The van der Waals surface area contributed by atoms with E-state index < -0.39 is 22.0 Å². The van der Waals surface area contributed by atoms with Crippen LogP contribution < -0.4 is 14.4 Å². The minimum Gasteiger partial charge on any atom is -0.406 e. The van der Waals surface area contributed by atoms with Crippen LogP contribution in [0.3, 0.4) is 0 Å². The summed E-state index contributed by atoms with van der Waals surface area (Å²) in [4.78, 5) is 2.24. The van der Waals surface area contributed by atoms with Crippen LogP contribution in [0.25, 0.3) is 0 Å². The number of aryl methyl sites for hydroxylation is 2. The first-order chi connectivity index (χ1) is 16.1. The Morgan fingerprint density at radius 3 is 2.41 bits per heavy atom. The average Bonchev–Trinajstić information content (AvgIpc) is 2.94. The minimum absolute atomic E-state index is 0.0792. The first kappa shape index (κ1) is 24.4. The van der Waals surface area contributed by atoms with E-state index >= 15 is 0 Å². The van der Waals surface area contributed by atoms with Crippen molar-refractivity contribution in [3.63, 3.8) is 0 Å². The molecule has 3 aromatic carbocycles. The van der Waals surface area contributed by atoms with Crippen LogP contribution in [0.5, 0.6) is 5.75 Å². The second-order valence-electron chi connectivity index (χ2n) is 7.85. The summed E-state index contributed by atoms with van der Waals surface area (Å²) in [5.74, 6) is -0.429. The van der Waals surface area contributed by atoms with Gasteiger partial charge in [0, 0.05) is 18.8 Å². The summed E-state index contributed by atoms with van der Waals surface area (Å²) in [6.07, 6.45) is -2.48. The third-order valence-electron chi connectivity index (χ3n) is 5.54. The predicted molar refractivity (Wildman–Crippen MR) is 127 cm³/mol. The van der Waals surface area contributed by atoms with Crippen LogP contribution in [0, 0.1) is 4.78 Å². The highest BCUT2D eigenvalue weighted by molar-refractivity contribution is 7.90. The number of anilines is 2. The molecule has 34 heavy (non-hydrogen) atoms. The standard InChI is InChI=1S/C24H23ClF3N3O2S/c25-21-7-3-6-18-10-9-17-5-1-2-8-22(17)31(23(18)21)16-4-15-30-34(29,32)20-13-11-19(12-14-20)33-24(26,27)28/h1-3,5-8,11-14H,4,9-10,15-16H2,(H2,29,30,32). The minimum atomic E-state index is -4.81. The van der Waals surface area contributed by atoms with Gasteiger partial charge in [-0.05, 0) is 66.8 Å². The number of hydrogen-bond acceptors (Lipinski definition) is 4. The molecule has 0 saturated heterocycles. The lowest BCUT2D eigenvalue weighted by molar-refractivity contribution is -0.274. The quantitative estimate of drug-likeness (QED) is 0.358. The molecule has 3 aromatic rings. The molecule has 1 atom stereocenters. The van der Waals surface area contributed by atoms with Gasteiger partial charge in [0.05, 0.1) is 15.6 Å². The number of halogens is 4. The summed E-state index contributed by atoms with van der Waals surface area (Å²) in [7, 11) is -3.39. The molecule has 10 heteroatoms. The number of hydrogen-bond donors (Lipinski definition) is 2. The maximum absolute atomic E-state index is 12.8. The smallest absolute Gasteiger partial charge is 0.406 e. The predicted octanol–water partition coefficient (Wildman–Crippen LogP) is 6.48. The molecule has 0 radical (unpaired) electrons. The lowest BCUT2D eigenvalue weighted by atomic mass is 10.0. The molecule has 0 spiro atoms. The molecule has 0 aromatic heterocycles. The molecule has 0 aliphatic carbocycles. The number of ether oxygens (including phenoxy) is 1. The summed E-state index contributed by atoms with van der Waals surface area (Å²) in [6, 6.07) is 18.5. The zero-order chi connectivity index (χ0) is 24.3. The fraction of sp³-hybridized carbons (Fsp3) is 0.250. The van der Waals surface area contributed by atoms with E-state index in [0.29, 0.717) is 18.0 Å². The Bertz CT molecular complexity index is 1270. The molecule has 1 aliphatic rings. The van der Waals surface area contributed by atoms with Gasteiger partial charge in [-0.3, -0.25) is 0 Å². The topological polar surface area (TPSA) is 65.4 Å². The van der Waals surface area contributed by atoms with Crippen molar-refractivity contribution in [3.05, 3.63) is 82.9 Å². The van der Waals surface area contributed by atoms with Crippen molar-refractivity contribution in [2.24, 2.45) is 0 Å². The molecule has 0 bridgehead atoms. The normalized spacial score (nSPS) is 15.1. The van der Waals surface area contributed by atoms with Crippen LogP contribution in [0.1, 0.15) is 17.5 Å². The van der Waals surface area contributed by atoms with Crippen LogP contribution >= 0.6 is 11.6 Å². The molecule has 4 rings (SSSR count). The fourth-order valence-electron chi connectivity index (χ4n) is 4.04. The van der Waals surface area contributed by atoms with Crippen molar-refractivity contribution in [2.45, 2.75) is 30.5 Å². The molecule has 5 nitrogen and oxygen atoms in total. The van der Waals surface area contributed by atoms with E-state index in [4.69, 9.17) is 16.4 Å². The van der Waals surface area contributed by atoms with Crippen molar-refractivity contribution in [1.82, 2.24) is 4.72 Å². The van der Waals surface area contributed by atoms with E-state index in [2.05, 4.69) is 32.6 Å². The summed E-state index contributed by atoms with van der Waals surface area (Å²) in [6.45, 7) is 0.843. The molecule has 2 N–H and O–H groups in total. The maximum Gasteiger partial charge on any atom is 0.573 e. The molecule has 1 heterocycles. The van der Waals surface area contributed by atoms with Gasteiger partial charge in [-0.15, -0.1) is 13.2 Å². The Labute approximate surface area is 201 Å². The monoisotopic (exact) mass is 509 g/mol. The second-order valence-corrected chi connectivity index (χ2v) is 10.1. The van der Waals surface area contributed by atoms with Crippen LogP contribution in [0.2, 0.25) is 5.02 Å². The molecule has 1 unspecified atom stereocenters. The van der Waals surface area contributed by atoms with E-state index in [1.807, 2.05) is 24.3 Å². The third kappa shape index (κ3) is 5.65. The third-order valence-corrected chi connectivity index (χ3v) is 7.39. The Morgan fingerprint density at radius 1 is 1.00 bits per heavy atom. The molecule has 180 valence electrons. The van der Waals surface area contributed by atoms with Crippen molar-refractivity contribution >= 4 is 32.9 Å². The number of para-hydroxylation sites is 2. The van der Waals surface area contributed by atoms with Gasteiger partial charge in [-0.2, -0.15) is 0 Å². The zero-order valence-electron chi connectivity index (χ0n) is 18.1. The molecule has 1 aliphatic heterocycles. The number of benzene rings is 3. The van der Waals surface area contributed by atoms with E-state index in [1.54, 1.807) is 0 Å². The molecule has 0 amide bonds. The van der Waals surface area contributed by atoms with E-state index in [0.717, 1.165) is 41.9 Å². The summed E-state index contributed by atoms with van der Waals surface area (Å²) >= 11 is 6.58. The summed E-state index contributed by atoms with van der Waals surface area (Å²) < 4.78 is 64.5. The first-order valence-electron chi connectivity index (χ1n) is 10.7. The van der Waals surface area contributed by atoms with Crippen molar-refractivity contribution < 1.29 is 22.1 Å². The highest BCUT2D eigenvalue weighted by atomic mass is 35.5. The first-order valence-corrected chi connectivity index (χ1v) is 12.6. The summed E-state index contributed by atoms with van der Waals surface area (Å²) in [5, 5.41) is 0.660. The number of rotatable bonds is 7. The van der Waals surface area contributed by atoms with Gasteiger partial charge < -0.3 is 9.64 Å². The number of nitrogens with one attached hydrogen (secondary N) is 2. The van der Waals surface area contributed by atoms with Crippen LogP contribution in [-0.4, -0.2) is 23.7 Å². The van der Waals surface area contributed by atoms with Gasteiger partial charge >= 0.3 is 6.36 Å². The van der Waals surface area contributed by atoms with Gasteiger partial charge in [0.1, 0.15) is 15.7 Å². The fourth-order valence-corrected chi connectivity index (χ4v) is 5.45. The van der Waals surface area contributed by atoms with Gasteiger partial charge in [0.15, 0.2) is 0 Å². The zero-order valence-corrected chi connectivity index (χ0v) is 19.6. The van der Waals surface area contributed by atoms with E-state index in [9.17, 15) is 17.4 Å². The van der Waals surface area contributed by atoms with Crippen LogP contribution in [0.4, 0.5) is 24.5 Å². The van der Waals surface area contributed by atoms with Crippen LogP contribution in [0.15, 0.2) is 71.6 Å². The highest BCUT2D eigenvalue weighted by Gasteiger charge is 2.31. The lowest BCUT2D eigenvalue weighted by Crippen LogP contribution is -2.28. The molecule has 0 saturated carbocycles. The van der Waals surface area contributed by atoms with E-state index in [1.165, 1.54) is 17.7 Å². The van der Waals surface area contributed by atoms with Crippen molar-refractivity contribution in [1.29, 1.82) is 4.78 Å². The van der Waals surface area contributed by atoms with E-state index in [-0.39, 0.29) is 11.4 Å². The average molecular weight is 510 g/mol. The Kier molecular flexibility index (Phi) is 7.06. The highest BCUT2D eigenvalue weighted by Crippen LogP contribution is 2.40. The maximum atomic E-state index is 12.8.